The van der Waals surface area contributed by atoms with Gasteiger partial charge in [-0.25, -0.2) is 0 Å². The summed E-state index contributed by atoms with van der Waals surface area (Å²) in [4.78, 5) is 47.6. The van der Waals surface area contributed by atoms with Crippen LogP contribution in [0.2, 0.25) is 5.02 Å². The van der Waals surface area contributed by atoms with E-state index in [0.717, 1.165) is 6.07 Å². The van der Waals surface area contributed by atoms with Crippen molar-refractivity contribution in [2.45, 2.75) is 26.1 Å². The second kappa shape index (κ2) is 9.47. The van der Waals surface area contributed by atoms with Crippen LogP contribution >= 0.6 is 11.6 Å². The smallest absolute Gasteiger partial charge is 0.325 e. The van der Waals surface area contributed by atoms with E-state index in [-0.39, 0.29) is 28.7 Å². The summed E-state index contributed by atoms with van der Waals surface area (Å²) >= 11 is 5.69. The molecule has 152 valence electrons. The third-order valence-electron chi connectivity index (χ3n) is 3.93. The van der Waals surface area contributed by atoms with Gasteiger partial charge in [-0.3, -0.25) is 24.5 Å². The summed E-state index contributed by atoms with van der Waals surface area (Å²) in [6.07, 6.45) is -0.211. The Morgan fingerprint density at radius 2 is 1.96 bits per heavy atom. The van der Waals surface area contributed by atoms with Crippen molar-refractivity contribution in [3.8, 4) is 0 Å². The van der Waals surface area contributed by atoms with Gasteiger partial charge in [-0.1, -0.05) is 11.6 Å². The topological polar surface area (TPSA) is 128 Å². The Bertz CT molecular complexity index is 776. The summed E-state index contributed by atoms with van der Waals surface area (Å²) in [7, 11) is 0. The lowest BCUT2D eigenvalue weighted by molar-refractivity contribution is -0.384. The molecule has 0 radical (unpaired) electrons. The first-order chi connectivity index (χ1) is 13.2. The lowest BCUT2D eigenvalue weighted by Gasteiger charge is -2.35. The molecule has 1 saturated heterocycles. The highest BCUT2D eigenvalue weighted by Crippen LogP contribution is 2.24. The number of carbonyl (C=O) groups excluding carboxylic acids is 3. The number of ether oxygens (including phenoxy) is 2. The fraction of sp³-hybridized carbons (Fsp3) is 0.471. The third-order valence-corrected chi connectivity index (χ3v) is 4.25. The van der Waals surface area contributed by atoms with Crippen molar-refractivity contribution in [3.05, 3.63) is 38.9 Å². The Morgan fingerprint density at radius 1 is 1.32 bits per heavy atom. The fourth-order valence-electron chi connectivity index (χ4n) is 2.71. The quantitative estimate of drug-likeness (QED) is 0.421. The van der Waals surface area contributed by atoms with Gasteiger partial charge < -0.3 is 19.7 Å². The van der Waals surface area contributed by atoms with E-state index in [1.54, 1.807) is 4.90 Å². The van der Waals surface area contributed by atoms with E-state index >= 15 is 0 Å². The molecule has 1 heterocycles. The SMILES string of the molecule is C[C@@H]1CN(C(=O)COC(=O)CNC(=O)c2ccc(Cl)c([N+](=O)[O-])c2)C[C@@H](C)O1. The number of nitrogens with zero attached hydrogens (tertiary/aromatic N) is 2. The van der Waals surface area contributed by atoms with Crippen molar-refractivity contribution in [1.29, 1.82) is 0 Å². The number of nitro groups is 1. The van der Waals surface area contributed by atoms with Crippen LogP contribution in [0.4, 0.5) is 5.69 Å². The minimum atomic E-state index is -0.806. The van der Waals surface area contributed by atoms with Crippen LogP contribution in [0, 0.1) is 10.1 Å². The van der Waals surface area contributed by atoms with Crippen LogP contribution in [0.1, 0.15) is 24.2 Å². The number of rotatable bonds is 6. The number of hydrogen-bond donors (Lipinski definition) is 1. The number of esters is 1. The molecule has 0 saturated carbocycles. The van der Waals surface area contributed by atoms with Gasteiger partial charge in [0, 0.05) is 24.7 Å². The number of morpholine rings is 1. The first-order valence-electron chi connectivity index (χ1n) is 8.48. The number of hydrogen-bond acceptors (Lipinski definition) is 7. The summed E-state index contributed by atoms with van der Waals surface area (Å²) in [5.41, 5.74) is -0.451. The van der Waals surface area contributed by atoms with Gasteiger partial charge in [-0.15, -0.1) is 0 Å². The van der Waals surface area contributed by atoms with E-state index in [4.69, 9.17) is 21.1 Å². The number of halogens is 1. The highest BCUT2D eigenvalue weighted by molar-refractivity contribution is 6.32. The van der Waals surface area contributed by atoms with E-state index in [2.05, 4.69) is 5.32 Å². The van der Waals surface area contributed by atoms with E-state index in [0.29, 0.717) is 13.1 Å². The summed E-state index contributed by atoms with van der Waals surface area (Å²) < 4.78 is 10.4. The fourth-order valence-corrected chi connectivity index (χ4v) is 2.90. The third kappa shape index (κ3) is 5.89. The normalized spacial score (nSPS) is 19.0. The van der Waals surface area contributed by atoms with Crippen LogP contribution in [0.25, 0.3) is 0 Å². The van der Waals surface area contributed by atoms with Crippen LogP contribution < -0.4 is 5.32 Å². The Labute approximate surface area is 165 Å². The van der Waals surface area contributed by atoms with Crippen LogP contribution in [-0.2, 0) is 19.1 Å². The van der Waals surface area contributed by atoms with Gasteiger partial charge >= 0.3 is 5.97 Å². The van der Waals surface area contributed by atoms with Gasteiger partial charge in [-0.2, -0.15) is 0 Å². The zero-order valence-corrected chi connectivity index (χ0v) is 16.1. The number of benzene rings is 1. The Balaban J connectivity index is 1.80. The summed E-state index contributed by atoms with van der Waals surface area (Å²) in [5.74, 6) is -1.87. The molecule has 1 aliphatic rings. The molecular formula is C17H20ClN3O7. The lowest BCUT2D eigenvalue weighted by Crippen LogP contribution is -2.49. The lowest BCUT2D eigenvalue weighted by atomic mass is 10.2. The molecule has 0 bridgehead atoms. The van der Waals surface area contributed by atoms with Crippen LogP contribution in [-0.4, -0.2) is 66.1 Å². The maximum absolute atomic E-state index is 12.1. The van der Waals surface area contributed by atoms with E-state index < -0.39 is 35.6 Å². The van der Waals surface area contributed by atoms with Crippen molar-refractivity contribution in [3.63, 3.8) is 0 Å². The second-order valence-electron chi connectivity index (χ2n) is 6.32. The van der Waals surface area contributed by atoms with Gasteiger partial charge in [0.25, 0.3) is 17.5 Å². The molecule has 0 aliphatic carbocycles. The minimum Gasteiger partial charge on any atom is -0.454 e. The predicted octanol–water partition coefficient (Wildman–Crippen LogP) is 1.16. The molecule has 1 aromatic carbocycles. The Morgan fingerprint density at radius 3 is 2.57 bits per heavy atom. The van der Waals surface area contributed by atoms with E-state index in [9.17, 15) is 24.5 Å². The number of amides is 2. The summed E-state index contributed by atoms with van der Waals surface area (Å²) in [6, 6.07) is 3.52. The van der Waals surface area contributed by atoms with Gasteiger partial charge in [0.05, 0.1) is 17.1 Å². The molecule has 2 amide bonds. The van der Waals surface area contributed by atoms with E-state index in [1.165, 1.54) is 12.1 Å². The van der Waals surface area contributed by atoms with Gasteiger partial charge in [0.2, 0.25) is 0 Å². The highest BCUT2D eigenvalue weighted by atomic mass is 35.5. The van der Waals surface area contributed by atoms with Gasteiger partial charge in [0.1, 0.15) is 11.6 Å². The first-order valence-corrected chi connectivity index (χ1v) is 8.86. The summed E-state index contributed by atoms with van der Waals surface area (Å²) in [6.45, 7) is 3.58. The maximum Gasteiger partial charge on any atom is 0.325 e. The average Bonchev–Trinajstić information content (AvgIpc) is 2.63. The van der Waals surface area contributed by atoms with Crippen molar-refractivity contribution in [2.24, 2.45) is 0 Å². The Kier molecular flexibility index (Phi) is 7.30. The standard InChI is InChI=1S/C17H20ClN3O7/c1-10-7-20(8-11(2)28-10)15(22)9-27-16(23)6-19-17(24)12-3-4-13(18)14(5-12)21(25)26/h3-5,10-11H,6-9H2,1-2H3,(H,19,24)/t10-,11-/m1/s1. The van der Waals surface area contributed by atoms with Crippen LogP contribution in [0.15, 0.2) is 18.2 Å². The second-order valence-corrected chi connectivity index (χ2v) is 6.73. The van der Waals surface area contributed by atoms with Gasteiger partial charge in [0.15, 0.2) is 6.61 Å². The molecule has 28 heavy (non-hydrogen) atoms. The monoisotopic (exact) mass is 413 g/mol. The maximum atomic E-state index is 12.1. The molecule has 2 rings (SSSR count). The molecule has 1 aliphatic heterocycles. The zero-order valence-electron chi connectivity index (χ0n) is 15.3. The van der Waals surface area contributed by atoms with Crippen LogP contribution in [0.5, 0.6) is 0 Å². The molecule has 1 fully saturated rings. The molecule has 10 nitrogen and oxygen atoms in total. The number of carbonyl (C=O) groups is 3. The van der Waals surface area contributed by atoms with Crippen molar-refractivity contribution < 1.29 is 28.8 Å². The van der Waals surface area contributed by atoms with Crippen molar-refractivity contribution in [2.75, 3.05) is 26.2 Å². The Hall–Kier alpha value is -2.72. The molecule has 0 spiro atoms. The van der Waals surface area contributed by atoms with E-state index in [1.807, 2.05) is 13.8 Å². The molecular weight excluding hydrogens is 394 g/mol. The molecule has 0 unspecified atom stereocenters. The zero-order chi connectivity index (χ0) is 20.8. The summed E-state index contributed by atoms with van der Waals surface area (Å²) in [5, 5.41) is 13.0. The largest absolute Gasteiger partial charge is 0.454 e. The molecule has 2 atom stereocenters. The minimum absolute atomic E-state index is 0.0312. The molecule has 11 heteroatoms. The number of nitrogens with one attached hydrogen (secondary N) is 1. The molecule has 1 aromatic rings. The van der Waals surface area contributed by atoms with Gasteiger partial charge in [-0.05, 0) is 26.0 Å². The molecule has 1 N–H and O–H groups in total. The van der Waals surface area contributed by atoms with Crippen molar-refractivity contribution >= 4 is 35.1 Å². The average molecular weight is 414 g/mol. The van der Waals surface area contributed by atoms with Crippen molar-refractivity contribution in [1.82, 2.24) is 10.2 Å². The molecule has 0 aromatic heterocycles. The van der Waals surface area contributed by atoms with Crippen LogP contribution in [0.3, 0.4) is 0 Å². The first kappa shape index (κ1) is 21.6. The highest BCUT2D eigenvalue weighted by Gasteiger charge is 2.26. The number of nitro benzene ring substituents is 1. The predicted molar refractivity (Wildman–Crippen MR) is 98.0 cm³/mol.